The van der Waals surface area contributed by atoms with Gasteiger partial charge in [0.1, 0.15) is 11.1 Å². The Kier molecular flexibility index (Phi) is 5.12. The van der Waals surface area contributed by atoms with E-state index in [-0.39, 0.29) is 18.7 Å². The summed E-state index contributed by atoms with van der Waals surface area (Å²) in [4.78, 5) is 28.6. The van der Waals surface area contributed by atoms with Crippen LogP contribution in [-0.4, -0.2) is 53.7 Å². The molecule has 1 unspecified atom stereocenters. The molecule has 0 aromatic carbocycles. The largest absolute Gasteiger partial charge is 0.481 e. The molecule has 0 radical (unpaired) electrons. The maximum atomic E-state index is 12.5. The first-order chi connectivity index (χ1) is 11.2. The van der Waals surface area contributed by atoms with Crippen LogP contribution < -0.4 is 0 Å². The van der Waals surface area contributed by atoms with E-state index in [1.807, 2.05) is 0 Å². The van der Waals surface area contributed by atoms with Crippen molar-refractivity contribution in [2.45, 2.75) is 19.0 Å². The number of likely N-dealkylation sites (tertiary alicyclic amines) is 1. The lowest BCUT2D eigenvalue weighted by atomic mass is 9.80. The van der Waals surface area contributed by atoms with Gasteiger partial charge in [-0.3, -0.25) is 14.6 Å². The van der Waals surface area contributed by atoms with Crippen LogP contribution >= 0.6 is 0 Å². The lowest BCUT2D eigenvalue weighted by Crippen LogP contribution is -2.52. The van der Waals surface area contributed by atoms with E-state index in [2.05, 4.69) is 4.98 Å². The molecule has 1 saturated heterocycles. The van der Waals surface area contributed by atoms with E-state index in [1.165, 1.54) is 12.0 Å². The minimum absolute atomic E-state index is 0.0124. The third-order valence-electron chi connectivity index (χ3n) is 4.04. The molecule has 9 heteroatoms. The Balaban J connectivity index is 2.18. The second-order valence-electron chi connectivity index (χ2n) is 5.78. The molecule has 24 heavy (non-hydrogen) atoms. The normalized spacial score (nSPS) is 21.6. The zero-order chi connectivity index (χ0) is 18.0. The van der Waals surface area contributed by atoms with Crippen LogP contribution in [0.5, 0.6) is 0 Å². The van der Waals surface area contributed by atoms with E-state index in [9.17, 15) is 27.9 Å². The molecule has 0 aliphatic carbocycles. The Bertz CT molecular complexity index is 614. The topological polar surface area (TPSA) is 79.7 Å². The molecule has 1 aromatic rings. The van der Waals surface area contributed by atoms with E-state index >= 15 is 0 Å². The number of pyridine rings is 1. The Morgan fingerprint density at radius 1 is 1.42 bits per heavy atom. The smallest absolute Gasteiger partial charge is 0.433 e. The summed E-state index contributed by atoms with van der Waals surface area (Å²) < 4.78 is 42.5. The maximum absolute atomic E-state index is 12.5. The van der Waals surface area contributed by atoms with Crippen molar-refractivity contribution in [1.82, 2.24) is 9.88 Å². The first-order valence-corrected chi connectivity index (χ1v) is 7.24. The number of aliphatic carboxylic acids is 1. The van der Waals surface area contributed by atoms with Crippen LogP contribution in [0.1, 0.15) is 28.9 Å². The summed E-state index contributed by atoms with van der Waals surface area (Å²) in [5.74, 6) is -1.61. The molecule has 1 aliphatic rings. The first kappa shape index (κ1) is 18.2. The molecule has 0 saturated carbocycles. The fraction of sp³-hybridized carbons (Fsp3) is 0.533. The molecule has 1 fully saturated rings. The van der Waals surface area contributed by atoms with Gasteiger partial charge in [-0.25, -0.2) is 0 Å². The molecule has 2 rings (SSSR count). The molecule has 1 aliphatic heterocycles. The first-order valence-electron chi connectivity index (χ1n) is 7.24. The van der Waals surface area contributed by atoms with Crippen molar-refractivity contribution < 1.29 is 32.6 Å². The lowest BCUT2D eigenvalue weighted by Gasteiger charge is -2.39. The number of alkyl halides is 3. The fourth-order valence-electron chi connectivity index (χ4n) is 2.81. The third-order valence-corrected chi connectivity index (χ3v) is 4.04. The third kappa shape index (κ3) is 3.66. The molecule has 2 heterocycles. The van der Waals surface area contributed by atoms with E-state index < -0.39 is 29.2 Å². The van der Waals surface area contributed by atoms with E-state index in [0.29, 0.717) is 19.4 Å². The van der Waals surface area contributed by atoms with Gasteiger partial charge >= 0.3 is 12.1 Å². The standard InChI is InChI=1S/C15H17F3N2O4/c1-24-9-14(13(22)23)5-2-6-20(8-14)12(21)10-3-4-11(19-7-10)15(16,17)18/h3-4,7H,2,5-6,8-9H2,1H3,(H,22,23). The van der Waals surface area contributed by atoms with E-state index in [0.717, 1.165) is 18.3 Å². The van der Waals surface area contributed by atoms with Crippen molar-refractivity contribution in [1.29, 1.82) is 0 Å². The van der Waals surface area contributed by atoms with Crippen LogP contribution in [0.4, 0.5) is 13.2 Å². The number of piperidine rings is 1. The number of hydrogen-bond donors (Lipinski definition) is 1. The number of nitrogens with zero attached hydrogens (tertiary/aromatic N) is 2. The molecule has 6 nitrogen and oxygen atoms in total. The Labute approximate surface area is 136 Å². The average molecular weight is 346 g/mol. The van der Waals surface area contributed by atoms with Gasteiger partial charge < -0.3 is 14.7 Å². The van der Waals surface area contributed by atoms with Crippen molar-refractivity contribution in [2.75, 3.05) is 26.8 Å². The van der Waals surface area contributed by atoms with Gasteiger partial charge in [-0.2, -0.15) is 13.2 Å². The van der Waals surface area contributed by atoms with Crippen molar-refractivity contribution in [3.8, 4) is 0 Å². The van der Waals surface area contributed by atoms with Crippen molar-refractivity contribution in [2.24, 2.45) is 5.41 Å². The van der Waals surface area contributed by atoms with Crippen LogP contribution in [0.3, 0.4) is 0 Å². The molecule has 1 atom stereocenters. The number of carbonyl (C=O) groups is 2. The zero-order valence-corrected chi connectivity index (χ0v) is 13.0. The molecule has 0 bridgehead atoms. The number of aromatic nitrogens is 1. The van der Waals surface area contributed by atoms with Crippen molar-refractivity contribution in [3.63, 3.8) is 0 Å². The van der Waals surface area contributed by atoms with Crippen LogP contribution in [-0.2, 0) is 15.7 Å². The lowest BCUT2D eigenvalue weighted by molar-refractivity contribution is -0.155. The SMILES string of the molecule is COCC1(C(=O)O)CCCN(C(=O)c2ccc(C(F)(F)F)nc2)C1. The number of ether oxygens (including phenoxy) is 1. The number of methoxy groups -OCH3 is 1. The summed E-state index contributed by atoms with van der Waals surface area (Å²) in [6, 6.07) is 1.78. The van der Waals surface area contributed by atoms with Gasteiger partial charge in [0.2, 0.25) is 0 Å². The predicted octanol–water partition coefficient (Wildman–Crippen LogP) is 2.05. The van der Waals surface area contributed by atoms with Crippen molar-refractivity contribution >= 4 is 11.9 Å². The van der Waals surface area contributed by atoms with E-state index in [1.54, 1.807) is 0 Å². The Hall–Kier alpha value is -2.16. The van der Waals surface area contributed by atoms with Gasteiger partial charge in [0, 0.05) is 26.4 Å². The molecule has 1 aromatic heterocycles. The minimum atomic E-state index is -4.58. The highest BCUT2D eigenvalue weighted by Gasteiger charge is 2.44. The van der Waals surface area contributed by atoms with Crippen molar-refractivity contribution in [3.05, 3.63) is 29.6 Å². The summed E-state index contributed by atoms with van der Waals surface area (Å²) in [7, 11) is 1.38. The quantitative estimate of drug-likeness (QED) is 0.903. The summed E-state index contributed by atoms with van der Waals surface area (Å²) in [5, 5.41) is 9.46. The fourth-order valence-corrected chi connectivity index (χ4v) is 2.81. The number of amides is 1. The van der Waals surface area contributed by atoms with Gasteiger partial charge in [0.25, 0.3) is 5.91 Å². The highest BCUT2D eigenvalue weighted by Crippen LogP contribution is 2.32. The highest BCUT2D eigenvalue weighted by molar-refractivity contribution is 5.94. The van der Waals surface area contributed by atoms with Gasteiger partial charge in [0.15, 0.2) is 0 Å². The summed E-state index contributed by atoms with van der Waals surface area (Å²) in [5.41, 5.74) is -2.30. The second-order valence-corrected chi connectivity index (χ2v) is 5.78. The summed E-state index contributed by atoms with van der Waals surface area (Å²) in [6.45, 7) is 0.228. The molecule has 0 spiro atoms. The highest BCUT2D eigenvalue weighted by atomic mass is 19.4. The minimum Gasteiger partial charge on any atom is -0.481 e. The Morgan fingerprint density at radius 2 is 2.12 bits per heavy atom. The van der Waals surface area contributed by atoms with Crippen LogP contribution in [0.2, 0.25) is 0 Å². The summed E-state index contributed by atoms with van der Waals surface area (Å²) >= 11 is 0. The monoisotopic (exact) mass is 346 g/mol. The van der Waals surface area contributed by atoms with Crippen LogP contribution in [0, 0.1) is 5.41 Å². The van der Waals surface area contributed by atoms with Gasteiger partial charge in [-0.15, -0.1) is 0 Å². The van der Waals surface area contributed by atoms with Crippen LogP contribution in [0.15, 0.2) is 18.3 Å². The number of rotatable bonds is 4. The number of carboxylic acids is 1. The zero-order valence-electron chi connectivity index (χ0n) is 13.0. The summed E-state index contributed by atoms with van der Waals surface area (Å²) in [6.07, 6.45) is -2.89. The van der Waals surface area contributed by atoms with E-state index in [4.69, 9.17) is 4.74 Å². The molecule has 1 amide bonds. The van der Waals surface area contributed by atoms with Crippen LogP contribution in [0.25, 0.3) is 0 Å². The molecule has 1 N–H and O–H groups in total. The second kappa shape index (κ2) is 6.76. The average Bonchev–Trinajstić information content (AvgIpc) is 2.54. The maximum Gasteiger partial charge on any atom is 0.433 e. The Morgan fingerprint density at radius 3 is 2.62 bits per heavy atom. The van der Waals surface area contributed by atoms with Gasteiger partial charge in [-0.05, 0) is 25.0 Å². The number of hydrogen-bond acceptors (Lipinski definition) is 4. The molecular formula is C15H17F3N2O4. The van der Waals surface area contributed by atoms with Gasteiger partial charge in [0.05, 0.1) is 12.2 Å². The molecule has 132 valence electrons. The number of carboxylic acid groups (broad SMARTS) is 1. The number of halogens is 3. The number of carbonyl (C=O) groups excluding carboxylic acids is 1. The molecular weight excluding hydrogens is 329 g/mol. The van der Waals surface area contributed by atoms with Gasteiger partial charge in [-0.1, -0.05) is 0 Å². The predicted molar refractivity (Wildman–Crippen MR) is 76.3 cm³/mol.